The van der Waals surface area contributed by atoms with Gasteiger partial charge in [0.05, 0.1) is 11.4 Å². The molecule has 0 spiro atoms. The van der Waals surface area contributed by atoms with E-state index in [0.717, 1.165) is 6.54 Å². The summed E-state index contributed by atoms with van der Waals surface area (Å²) in [5.74, 6) is -2.77. The maximum atomic E-state index is 12.6. The van der Waals surface area contributed by atoms with Gasteiger partial charge in [0.15, 0.2) is 0 Å². The highest BCUT2D eigenvalue weighted by molar-refractivity contribution is 7.91. The van der Waals surface area contributed by atoms with Crippen LogP contribution in [-0.4, -0.2) is 51.2 Å². The van der Waals surface area contributed by atoms with Crippen LogP contribution in [0.5, 0.6) is 0 Å². The Morgan fingerprint density at radius 1 is 1.08 bits per heavy atom. The summed E-state index contributed by atoms with van der Waals surface area (Å²) in [7, 11) is -4.58. The summed E-state index contributed by atoms with van der Waals surface area (Å²) in [5, 5.41) is 0. The van der Waals surface area contributed by atoms with Crippen molar-refractivity contribution in [3.05, 3.63) is 24.3 Å². The lowest BCUT2D eigenvalue weighted by Gasteiger charge is -2.36. The first-order valence-electron chi connectivity index (χ1n) is 8.53. The molecule has 1 heterocycles. The minimum absolute atomic E-state index is 0.0578. The fourth-order valence-corrected chi connectivity index (χ4v) is 4.30. The number of rotatable bonds is 5. The molecule has 0 radical (unpaired) electrons. The Kier molecular flexibility index (Phi) is 5.27. The Morgan fingerprint density at radius 3 is 2.28 bits per heavy atom. The summed E-state index contributed by atoms with van der Waals surface area (Å²) in [4.78, 5) is 15.7. The van der Waals surface area contributed by atoms with Gasteiger partial charge in [-0.15, -0.1) is 0 Å². The fourth-order valence-electron chi connectivity index (χ4n) is 3.58. The molecule has 8 heteroatoms. The Morgan fingerprint density at radius 2 is 1.72 bits per heavy atom. The molecular formula is C17H22F2N2O3S. The highest BCUT2D eigenvalue weighted by Gasteiger charge is 2.29. The predicted octanol–water partition coefficient (Wildman–Crippen LogP) is 2.52. The van der Waals surface area contributed by atoms with Gasteiger partial charge in [0, 0.05) is 25.3 Å². The number of halogens is 2. The number of sulfone groups is 1. The van der Waals surface area contributed by atoms with Gasteiger partial charge in [0.25, 0.3) is 0 Å². The van der Waals surface area contributed by atoms with Crippen LogP contribution in [0.25, 0.3) is 0 Å². The molecule has 1 amide bonds. The summed E-state index contributed by atoms with van der Waals surface area (Å²) in [6, 6.07) is 5.31. The summed E-state index contributed by atoms with van der Waals surface area (Å²) in [6.07, 6.45) is 4.86. The summed E-state index contributed by atoms with van der Waals surface area (Å²) < 4.78 is 48.0. The molecule has 0 atom stereocenters. The second kappa shape index (κ2) is 7.27. The van der Waals surface area contributed by atoms with Crippen LogP contribution >= 0.6 is 0 Å². The maximum Gasteiger partial charge on any atom is 0.341 e. The van der Waals surface area contributed by atoms with Crippen LogP contribution < -0.4 is 4.90 Å². The Hall–Kier alpha value is -1.70. The molecule has 2 aliphatic rings. The highest BCUT2D eigenvalue weighted by atomic mass is 32.2. The van der Waals surface area contributed by atoms with E-state index in [4.69, 9.17) is 0 Å². The standard InChI is InChI=1S/C17H22F2N2O3S/c18-17(19)25(23,24)15-7-5-14(6-8-15)20-9-10-21(16(22)12-20)11-13-3-1-2-4-13/h5-8,13,17H,1-4,9-12H2. The smallest absolute Gasteiger partial charge is 0.341 e. The Bertz CT molecular complexity index is 716. The number of piperazine rings is 1. The topological polar surface area (TPSA) is 57.7 Å². The van der Waals surface area contributed by atoms with E-state index in [1.165, 1.54) is 49.9 Å². The van der Waals surface area contributed by atoms with Crippen molar-refractivity contribution >= 4 is 21.4 Å². The quantitative estimate of drug-likeness (QED) is 0.797. The van der Waals surface area contributed by atoms with Gasteiger partial charge >= 0.3 is 5.76 Å². The van der Waals surface area contributed by atoms with Gasteiger partial charge in [0.1, 0.15) is 0 Å². The second-order valence-corrected chi connectivity index (χ2v) is 8.63. The number of hydrogen-bond acceptors (Lipinski definition) is 4. The van der Waals surface area contributed by atoms with Crippen molar-refractivity contribution in [1.29, 1.82) is 0 Å². The number of nitrogens with zero attached hydrogens (tertiary/aromatic N) is 2. The van der Waals surface area contributed by atoms with E-state index in [2.05, 4.69) is 0 Å². The lowest BCUT2D eigenvalue weighted by atomic mass is 10.1. The molecule has 1 saturated carbocycles. The van der Waals surface area contributed by atoms with Gasteiger partial charge in [-0.2, -0.15) is 8.78 Å². The van der Waals surface area contributed by atoms with Crippen LogP contribution in [-0.2, 0) is 14.6 Å². The first-order chi connectivity index (χ1) is 11.9. The lowest BCUT2D eigenvalue weighted by molar-refractivity contribution is -0.131. The summed E-state index contributed by atoms with van der Waals surface area (Å²) in [6.45, 7) is 2.33. The van der Waals surface area contributed by atoms with E-state index in [1.807, 2.05) is 9.80 Å². The van der Waals surface area contributed by atoms with Crippen LogP contribution in [0.15, 0.2) is 29.2 Å². The van der Waals surface area contributed by atoms with E-state index in [1.54, 1.807) is 0 Å². The monoisotopic (exact) mass is 372 g/mol. The highest BCUT2D eigenvalue weighted by Crippen LogP contribution is 2.27. The Balaban J connectivity index is 1.63. The van der Waals surface area contributed by atoms with Crippen molar-refractivity contribution in [2.45, 2.75) is 36.3 Å². The van der Waals surface area contributed by atoms with Gasteiger partial charge in [-0.25, -0.2) is 8.42 Å². The SMILES string of the molecule is O=C1CN(c2ccc(S(=O)(=O)C(F)F)cc2)CCN1CC1CCCC1. The summed E-state index contributed by atoms with van der Waals surface area (Å²) in [5.41, 5.74) is 0.669. The average molecular weight is 372 g/mol. The van der Waals surface area contributed by atoms with Gasteiger partial charge in [-0.1, -0.05) is 12.8 Å². The van der Waals surface area contributed by atoms with Crippen LogP contribution in [0.2, 0.25) is 0 Å². The zero-order chi connectivity index (χ0) is 18.0. The van der Waals surface area contributed by atoms with Gasteiger partial charge in [-0.3, -0.25) is 4.79 Å². The number of alkyl halides is 2. The normalized spacial score (nSPS) is 19.9. The first kappa shape index (κ1) is 18.1. The number of amides is 1. The van der Waals surface area contributed by atoms with Crippen molar-refractivity contribution in [3.63, 3.8) is 0 Å². The van der Waals surface area contributed by atoms with Crippen molar-refractivity contribution in [1.82, 2.24) is 4.90 Å². The minimum Gasteiger partial charge on any atom is -0.360 e. The molecule has 2 fully saturated rings. The zero-order valence-corrected chi connectivity index (χ0v) is 14.7. The van der Waals surface area contributed by atoms with Crippen molar-refractivity contribution < 1.29 is 22.0 Å². The number of anilines is 1. The Labute approximate surface area is 146 Å². The molecule has 25 heavy (non-hydrogen) atoms. The third kappa shape index (κ3) is 3.94. The molecule has 1 aliphatic heterocycles. The second-order valence-electron chi connectivity index (χ2n) is 6.71. The number of benzene rings is 1. The first-order valence-corrected chi connectivity index (χ1v) is 10.1. The van der Waals surface area contributed by atoms with Crippen LogP contribution in [0.4, 0.5) is 14.5 Å². The predicted molar refractivity (Wildman–Crippen MR) is 90.4 cm³/mol. The lowest BCUT2D eigenvalue weighted by Crippen LogP contribution is -2.51. The molecule has 0 unspecified atom stereocenters. The van der Waals surface area contributed by atoms with Crippen molar-refractivity contribution in [2.75, 3.05) is 31.1 Å². The number of carbonyl (C=O) groups is 1. The van der Waals surface area contributed by atoms with Crippen molar-refractivity contribution in [3.8, 4) is 0 Å². The maximum absolute atomic E-state index is 12.6. The molecule has 0 N–H and O–H groups in total. The molecule has 1 aromatic rings. The van der Waals surface area contributed by atoms with Crippen LogP contribution in [0, 0.1) is 5.92 Å². The van der Waals surface area contributed by atoms with Crippen LogP contribution in [0.1, 0.15) is 25.7 Å². The van der Waals surface area contributed by atoms with Gasteiger partial charge in [-0.05, 0) is 43.0 Å². The van der Waals surface area contributed by atoms with E-state index < -0.39 is 20.5 Å². The number of hydrogen-bond donors (Lipinski definition) is 0. The van der Waals surface area contributed by atoms with E-state index >= 15 is 0 Å². The summed E-state index contributed by atoms with van der Waals surface area (Å²) >= 11 is 0. The molecular weight excluding hydrogens is 350 g/mol. The molecule has 1 aliphatic carbocycles. The minimum atomic E-state index is -4.58. The van der Waals surface area contributed by atoms with Gasteiger partial charge < -0.3 is 9.80 Å². The molecule has 1 saturated heterocycles. The van der Waals surface area contributed by atoms with Crippen LogP contribution in [0.3, 0.4) is 0 Å². The molecule has 1 aromatic carbocycles. The number of carbonyl (C=O) groups excluding carboxylic acids is 1. The van der Waals surface area contributed by atoms with Crippen molar-refractivity contribution in [2.24, 2.45) is 5.92 Å². The van der Waals surface area contributed by atoms with E-state index in [0.29, 0.717) is 24.7 Å². The van der Waals surface area contributed by atoms with Gasteiger partial charge in [0.2, 0.25) is 15.7 Å². The molecule has 5 nitrogen and oxygen atoms in total. The molecule has 0 bridgehead atoms. The molecule has 138 valence electrons. The molecule has 0 aromatic heterocycles. The average Bonchev–Trinajstić information content (AvgIpc) is 3.10. The van der Waals surface area contributed by atoms with E-state index in [-0.39, 0.29) is 12.5 Å². The third-order valence-corrected chi connectivity index (χ3v) is 6.44. The zero-order valence-electron chi connectivity index (χ0n) is 13.9. The molecule has 3 rings (SSSR count). The largest absolute Gasteiger partial charge is 0.360 e. The van der Waals surface area contributed by atoms with E-state index in [9.17, 15) is 22.0 Å². The fraction of sp³-hybridized carbons (Fsp3) is 0.588. The third-order valence-electron chi connectivity index (χ3n) is 5.04.